The van der Waals surface area contributed by atoms with Crippen molar-refractivity contribution in [3.63, 3.8) is 0 Å². The van der Waals surface area contributed by atoms with E-state index in [-0.39, 0.29) is 11.9 Å². The van der Waals surface area contributed by atoms with Gasteiger partial charge in [0.25, 0.3) is 0 Å². The van der Waals surface area contributed by atoms with Crippen molar-refractivity contribution >= 4 is 5.91 Å². The molecule has 0 radical (unpaired) electrons. The highest BCUT2D eigenvalue weighted by molar-refractivity contribution is 5.76. The zero-order valence-corrected chi connectivity index (χ0v) is 13.8. The highest BCUT2D eigenvalue weighted by Crippen LogP contribution is 2.26. The summed E-state index contributed by atoms with van der Waals surface area (Å²) in [5.74, 6) is 0.895. The molecule has 0 saturated carbocycles. The van der Waals surface area contributed by atoms with Gasteiger partial charge in [0.1, 0.15) is 5.75 Å². The molecule has 1 aromatic carbocycles. The Morgan fingerprint density at radius 1 is 1.29 bits per heavy atom. The van der Waals surface area contributed by atoms with Gasteiger partial charge in [-0.15, -0.1) is 0 Å². The molecule has 1 atom stereocenters. The molecule has 1 rings (SSSR count). The molecule has 0 aromatic heterocycles. The van der Waals surface area contributed by atoms with Gasteiger partial charge in [0.15, 0.2) is 0 Å². The first kappa shape index (κ1) is 17.5. The SMILES string of the molecule is COc1ccc(C)cc1C(C)NC(=O)CCCNC(C)C. The highest BCUT2D eigenvalue weighted by atomic mass is 16.5. The van der Waals surface area contributed by atoms with Crippen molar-refractivity contribution in [1.29, 1.82) is 0 Å². The van der Waals surface area contributed by atoms with Gasteiger partial charge < -0.3 is 15.4 Å². The Morgan fingerprint density at radius 2 is 2.00 bits per heavy atom. The van der Waals surface area contributed by atoms with Gasteiger partial charge in [-0.25, -0.2) is 0 Å². The van der Waals surface area contributed by atoms with Crippen LogP contribution in [0.1, 0.15) is 50.8 Å². The van der Waals surface area contributed by atoms with Crippen molar-refractivity contribution in [1.82, 2.24) is 10.6 Å². The topological polar surface area (TPSA) is 50.4 Å². The molecule has 0 aliphatic rings. The summed E-state index contributed by atoms with van der Waals surface area (Å²) >= 11 is 0. The third-order valence-electron chi connectivity index (χ3n) is 3.36. The molecular weight excluding hydrogens is 264 g/mol. The van der Waals surface area contributed by atoms with E-state index in [1.807, 2.05) is 26.0 Å². The van der Waals surface area contributed by atoms with E-state index < -0.39 is 0 Å². The second-order valence-corrected chi connectivity index (χ2v) is 5.75. The first-order chi connectivity index (χ1) is 9.93. The second kappa shape index (κ2) is 8.67. The van der Waals surface area contributed by atoms with Gasteiger partial charge in [-0.1, -0.05) is 31.5 Å². The van der Waals surface area contributed by atoms with E-state index in [1.165, 1.54) is 0 Å². The number of nitrogens with one attached hydrogen (secondary N) is 2. The van der Waals surface area contributed by atoms with Crippen LogP contribution < -0.4 is 15.4 Å². The number of ether oxygens (including phenoxy) is 1. The summed E-state index contributed by atoms with van der Waals surface area (Å²) < 4.78 is 5.37. The van der Waals surface area contributed by atoms with E-state index in [9.17, 15) is 4.79 Å². The van der Waals surface area contributed by atoms with Gasteiger partial charge in [0.2, 0.25) is 5.91 Å². The maximum atomic E-state index is 12.0. The Hall–Kier alpha value is -1.55. The minimum Gasteiger partial charge on any atom is -0.496 e. The summed E-state index contributed by atoms with van der Waals surface area (Å²) in [6, 6.07) is 6.42. The van der Waals surface area contributed by atoms with Crippen molar-refractivity contribution < 1.29 is 9.53 Å². The summed E-state index contributed by atoms with van der Waals surface area (Å²) in [6.07, 6.45) is 1.39. The van der Waals surface area contributed by atoms with Crippen LogP contribution in [0.2, 0.25) is 0 Å². The lowest BCUT2D eigenvalue weighted by molar-refractivity contribution is -0.121. The third-order valence-corrected chi connectivity index (χ3v) is 3.36. The number of benzene rings is 1. The van der Waals surface area contributed by atoms with Crippen LogP contribution >= 0.6 is 0 Å². The summed E-state index contributed by atoms with van der Waals surface area (Å²) in [5, 5.41) is 6.35. The lowest BCUT2D eigenvalue weighted by Crippen LogP contribution is -2.29. The average molecular weight is 292 g/mol. The predicted molar refractivity (Wildman–Crippen MR) is 86.7 cm³/mol. The van der Waals surface area contributed by atoms with Crippen LogP contribution in [0.4, 0.5) is 0 Å². The Kier molecular flexibility index (Phi) is 7.23. The fraction of sp³-hybridized carbons (Fsp3) is 0.588. The highest BCUT2D eigenvalue weighted by Gasteiger charge is 2.14. The van der Waals surface area contributed by atoms with E-state index in [1.54, 1.807) is 7.11 Å². The summed E-state index contributed by atoms with van der Waals surface area (Å²) in [7, 11) is 1.65. The molecule has 1 unspecified atom stereocenters. The maximum Gasteiger partial charge on any atom is 0.220 e. The van der Waals surface area contributed by atoms with E-state index in [0.717, 1.165) is 29.8 Å². The molecule has 1 amide bonds. The fourth-order valence-corrected chi connectivity index (χ4v) is 2.22. The molecule has 1 aromatic rings. The van der Waals surface area contributed by atoms with Gasteiger partial charge in [-0.05, 0) is 32.9 Å². The van der Waals surface area contributed by atoms with Gasteiger partial charge >= 0.3 is 0 Å². The first-order valence-electron chi connectivity index (χ1n) is 7.61. The van der Waals surface area contributed by atoms with Crippen LogP contribution in [-0.4, -0.2) is 25.6 Å². The van der Waals surface area contributed by atoms with E-state index in [4.69, 9.17) is 4.74 Å². The van der Waals surface area contributed by atoms with Crippen LogP contribution in [0.3, 0.4) is 0 Å². The fourth-order valence-electron chi connectivity index (χ4n) is 2.22. The average Bonchev–Trinajstić information content (AvgIpc) is 2.43. The van der Waals surface area contributed by atoms with Crippen LogP contribution in [0.15, 0.2) is 18.2 Å². The van der Waals surface area contributed by atoms with Crippen LogP contribution in [0, 0.1) is 6.92 Å². The second-order valence-electron chi connectivity index (χ2n) is 5.75. The van der Waals surface area contributed by atoms with E-state index >= 15 is 0 Å². The van der Waals surface area contributed by atoms with Gasteiger partial charge in [-0.3, -0.25) is 4.79 Å². The minimum absolute atomic E-state index is 0.0505. The minimum atomic E-state index is -0.0505. The van der Waals surface area contributed by atoms with Crippen molar-refractivity contribution in [2.24, 2.45) is 0 Å². The van der Waals surface area contributed by atoms with Crippen molar-refractivity contribution in [2.75, 3.05) is 13.7 Å². The lowest BCUT2D eigenvalue weighted by atomic mass is 10.0. The molecule has 0 aliphatic carbocycles. The molecule has 0 bridgehead atoms. The zero-order valence-electron chi connectivity index (χ0n) is 13.8. The maximum absolute atomic E-state index is 12.0. The summed E-state index contributed by atoms with van der Waals surface area (Å²) in [6.45, 7) is 9.10. The Labute approximate surface area is 128 Å². The number of hydrogen-bond donors (Lipinski definition) is 2. The molecule has 0 fully saturated rings. The molecule has 0 aliphatic heterocycles. The molecular formula is C17H28N2O2. The Bertz CT molecular complexity index is 458. The van der Waals surface area contributed by atoms with Crippen molar-refractivity contribution in [2.45, 2.75) is 52.6 Å². The zero-order chi connectivity index (χ0) is 15.8. The molecule has 2 N–H and O–H groups in total. The summed E-state index contributed by atoms with van der Waals surface area (Å²) in [4.78, 5) is 12.0. The first-order valence-corrected chi connectivity index (χ1v) is 7.61. The molecule has 118 valence electrons. The number of rotatable bonds is 8. The normalized spacial score (nSPS) is 12.3. The van der Waals surface area contributed by atoms with Crippen LogP contribution in [-0.2, 0) is 4.79 Å². The number of carbonyl (C=O) groups is 1. The van der Waals surface area contributed by atoms with Crippen LogP contribution in [0.5, 0.6) is 5.75 Å². The van der Waals surface area contributed by atoms with Crippen LogP contribution in [0.25, 0.3) is 0 Å². The number of hydrogen-bond acceptors (Lipinski definition) is 3. The molecule has 0 heterocycles. The van der Waals surface area contributed by atoms with Crippen molar-refractivity contribution in [3.8, 4) is 5.75 Å². The number of aryl methyl sites for hydroxylation is 1. The van der Waals surface area contributed by atoms with Crippen molar-refractivity contribution in [3.05, 3.63) is 29.3 Å². The molecule has 4 heteroatoms. The number of carbonyl (C=O) groups excluding carboxylic acids is 1. The predicted octanol–water partition coefficient (Wildman–Crippen LogP) is 2.96. The Morgan fingerprint density at radius 3 is 2.62 bits per heavy atom. The molecule has 0 saturated heterocycles. The van der Waals surface area contributed by atoms with Gasteiger partial charge in [0, 0.05) is 18.0 Å². The summed E-state index contributed by atoms with van der Waals surface area (Å²) in [5.41, 5.74) is 2.18. The smallest absolute Gasteiger partial charge is 0.220 e. The largest absolute Gasteiger partial charge is 0.496 e. The Balaban J connectivity index is 2.50. The molecule has 4 nitrogen and oxygen atoms in total. The molecule has 0 spiro atoms. The van der Waals surface area contributed by atoms with Gasteiger partial charge in [0.05, 0.1) is 13.2 Å². The lowest BCUT2D eigenvalue weighted by Gasteiger charge is -2.18. The van der Waals surface area contributed by atoms with E-state index in [2.05, 4.69) is 30.5 Å². The third kappa shape index (κ3) is 6.17. The monoisotopic (exact) mass is 292 g/mol. The van der Waals surface area contributed by atoms with Gasteiger partial charge in [-0.2, -0.15) is 0 Å². The standard InChI is InChI=1S/C17H28N2O2/c1-12(2)18-10-6-7-17(20)19-14(4)15-11-13(3)8-9-16(15)21-5/h8-9,11-12,14,18H,6-7,10H2,1-5H3,(H,19,20). The number of amides is 1. The quantitative estimate of drug-likeness (QED) is 0.724. The number of methoxy groups -OCH3 is 1. The van der Waals surface area contributed by atoms with E-state index in [0.29, 0.717) is 12.5 Å². The molecule has 21 heavy (non-hydrogen) atoms.